The molecule has 2 aromatic heterocycles. The van der Waals surface area contributed by atoms with Crippen molar-refractivity contribution in [2.75, 3.05) is 16.8 Å². The van der Waals surface area contributed by atoms with E-state index in [2.05, 4.69) is 26.8 Å². The Morgan fingerprint density at radius 1 is 1.19 bits per heavy atom. The number of nitrogens with zero attached hydrogens (tertiary/aromatic N) is 3. The fourth-order valence-electron chi connectivity index (χ4n) is 3.22. The van der Waals surface area contributed by atoms with E-state index in [9.17, 15) is 9.59 Å². The van der Waals surface area contributed by atoms with E-state index in [1.807, 2.05) is 42.5 Å². The predicted molar refractivity (Wildman–Crippen MR) is 108 cm³/mol. The Bertz CT molecular complexity index is 1020. The zero-order valence-electron chi connectivity index (χ0n) is 15.0. The summed E-state index contributed by atoms with van der Waals surface area (Å²) in [6.45, 7) is 4.17. The van der Waals surface area contributed by atoms with Gasteiger partial charge in [-0.1, -0.05) is 0 Å². The van der Waals surface area contributed by atoms with Crippen molar-refractivity contribution in [1.82, 2.24) is 9.78 Å². The van der Waals surface area contributed by atoms with Crippen LogP contribution in [0.3, 0.4) is 0 Å². The molecule has 1 aromatic carbocycles. The molecule has 1 N–H and O–H groups in total. The molecule has 0 saturated heterocycles. The highest BCUT2D eigenvalue weighted by Crippen LogP contribution is 2.28. The molecular formula is C20H20N4O2S. The molecule has 0 fully saturated rings. The van der Waals surface area contributed by atoms with E-state index in [4.69, 9.17) is 0 Å². The lowest BCUT2D eigenvalue weighted by Crippen LogP contribution is -2.29. The minimum Gasteiger partial charge on any atom is -0.367 e. The van der Waals surface area contributed by atoms with Crippen molar-refractivity contribution in [2.24, 2.45) is 0 Å². The van der Waals surface area contributed by atoms with E-state index in [0.29, 0.717) is 12.2 Å². The zero-order valence-corrected chi connectivity index (χ0v) is 15.8. The van der Waals surface area contributed by atoms with E-state index < -0.39 is 0 Å². The molecule has 6 nitrogen and oxygen atoms in total. The minimum atomic E-state index is -0.328. The van der Waals surface area contributed by atoms with Crippen LogP contribution in [-0.2, 0) is 19.5 Å². The number of fused-ring (bicyclic) bond motifs is 1. The zero-order chi connectivity index (χ0) is 18.8. The standard InChI is InChI=1S/C20H20N4O2S/c1-2-24-19(25)8-7-17(22-24)20(26)21-15-3-5-16(6-4-15)23-11-9-18-14(13-23)10-12-27-18/h3-8,10,12H,2,9,11,13H2,1H3,(H,21,26). The fraction of sp³-hybridized carbons (Fsp3) is 0.250. The molecule has 0 radical (unpaired) electrons. The smallest absolute Gasteiger partial charge is 0.276 e. The molecule has 7 heteroatoms. The first kappa shape index (κ1) is 17.5. The van der Waals surface area contributed by atoms with Crippen LogP contribution in [0.15, 0.2) is 52.6 Å². The normalized spacial score (nSPS) is 13.3. The molecule has 1 aliphatic rings. The van der Waals surface area contributed by atoms with Crippen molar-refractivity contribution in [3.8, 4) is 0 Å². The van der Waals surface area contributed by atoms with Gasteiger partial charge in [0, 0.05) is 42.0 Å². The lowest BCUT2D eigenvalue weighted by molar-refractivity contribution is 0.102. The first-order valence-corrected chi connectivity index (χ1v) is 9.82. The summed E-state index contributed by atoms with van der Waals surface area (Å²) in [4.78, 5) is 27.8. The van der Waals surface area contributed by atoms with Crippen molar-refractivity contribution in [3.63, 3.8) is 0 Å². The molecular weight excluding hydrogens is 360 g/mol. The van der Waals surface area contributed by atoms with Gasteiger partial charge in [-0.15, -0.1) is 11.3 Å². The lowest BCUT2D eigenvalue weighted by Gasteiger charge is -2.29. The quantitative estimate of drug-likeness (QED) is 0.755. The molecule has 138 valence electrons. The molecule has 3 heterocycles. The number of aryl methyl sites for hydroxylation is 1. The second kappa shape index (κ2) is 7.36. The molecule has 1 amide bonds. The average molecular weight is 380 g/mol. The molecule has 3 aromatic rings. The molecule has 1 aliphatic heterocycles. The van der Waals surface area contributed by atoms with Gasteiger partial charge in [0.1, 0.15) is 5.69 Å². The number of amides is 1. The second-order valence-corrected chi connectivity index (χ2v) is 7.41. The number of rotatable bonds is 4. The number of carbonyl (C=O) groups excluding carboxylic acids is 1. The van der Waals surface area contributed by atoms with E-state index >= 15 is 0 Å². The second-order valence-electron chi connectivity index (χ2n) is 6.41. The molecule has 4 rings (SSSR count). The van der Waals surface area contributed by atoms with Crippen LogP contribution < -0.4 is 15.8 Å². The molecule has 0 aliphatic carbocycles. The number of thiophene rings is 1. The molecule has 0 spiro atoms. The maximum absolute atomic E-state index is 12.4. The SMILES string of the molecule is CCn1nc(C(=O)Nc2ccc(N3CCc4sccc4C3)cc2)ccc1=O. The minimum absolute atomic E-state index is 0.214. The maximum Gasteiger partial charge on any atom is 0.276 e. The Morgan fingerprint density at radius 2 is 2.00 bits per heavy atom. The first-order valence-electron chi connectivity index (χ1n) is 8.94. The Kier molecular flexibility index (Phi) is 4.77. The Balaban J connectivity index is 1.45. The number of benzene rings is 1. The highest BCUT2D eigenvalue weighted by atomic mass is 32.1. The van der Waals surface area contributed by atoms with Crippen molar-refractivity contribution in [1.29, 1.82) is 0 Å². The van der Waals surface area contributed by atoms with Crippen LogP contribution in [-0.4, -0.2) is 22.2 Å². The number of hydrogen-bond donors (Lipinski definition) is 1. The van der Waals surface area contributed by atoms with Gasteiger partial charge in [-0.05, 0) is 60.7 Å². The summed E-state index contributed by atoms with van der Waals surface area (Å²) in [5.41, 5.74) is 3.26. The first-order chi connectivity index (χ1) is 13.1. The van der Waals surface area contributed by atoms with Crippen LogP contribution >= 0.6 is 11.3 Å². The largest absolute Gasteiger partial charge is 0.367 e. The Hall–Kier alpha value is -2.93. The lowest BCUT2D eigenvalue weighted by atomic mass is 10.1. The van der Waals surface area contributed by atoms with Crippen LogP contribution in [0.2, 0.25) is 0 Å². The summed E-state index contributed by atoms with van der Waals surface area (Å²) < 4.78 is 1.27. The summed E-state index contributed by atoms with van der Waals surface area (Å²) >= 11 is 1.83. The average Bonchev–Trinajstić information content (AvgIpc) is 3.16. The van der Waals surface area contributed by atoms with Gasteiger partial charge >= 0.3 is 0 Å². The Morgan fingerprint density at radius 3 is 2.78 bits per heavy atom. The van der Waals surface area contributed by atoms with Crippen molar-refractivity contribution in [2.45, 2.75) is 26.4 Å². The van der Waals surface area contributed by atoms with Crippen molar-refractivity contribution >= 4 is 28.6 Å². The van der Waals surface area contributed by atoms with Gasteiger partial charge in [-0.2, -0.15) is 5.10 Å². The van der Waals surface area contributed by atoms with Crippen molar-refractivity contribution < 1.29 is 4.79 Å². The van der Waals surface area contributed by atoms with Crippen molar-refractivity contribution in [3.05, 3.63) is 74.3 Å². The summed E-state index contributed by atoms with van der Waals surface area (Å²) in [6.07, 6.45) is 1.07. The highest BCUT2D eigenvalue weighted by molar-refractivity contribution is 7.10. The fourth-order valence-corrected chi connectivity index (χ4v) is 4.11. The molecule has 0 bridgehead atoms. The van der Waals surface area contributed by atoms with Gasteiger partial charge in [0.15, 0.2) is 0 Å². The third-order valence-electron chi connectivity index (χ3n) is 4.70. The van der Waals surface area contributed by atoms with Gasteiger partial charge in [0.05, 0.1) is 0 Å². The third kappa shape index (κ3) is 3.64. The van der Waals surface area contributed by atoms with Crippen LogP contribution in [0.5, 0.6) is 0 Å². The van der Waals surface area contributed by atoms with Crippen LogP contribution in [0.25, 0.3) is 0 Å². The molecule has 27 heavy (non-hydrogen) atoms. The van der Waals surface area contributed by atoms with Gasteiger partial charge in [0.25, 0.3) is 11.5 Å². The summed E-state index contributed by atoms with van der Waals surface area (Å²) in [6, 6.07) is 12.8. The third-order valence-corrected chi connectivity index (χ3v) is 5.72. The number of carbonyl (C=O) groups is 1. The van der Waals surface area contributed by atoms with E-state index in [1.165, 1.54) is 27.3 Å². The Labute approximate surface area is 161 Å². The highest BCUT2D eigenvalue weighted by Gasteiger charge is 2.17. The number of aromatic nitrogens is 2. The van der Waals surface area contributed by atoms with Gasteiger partial charge in [-0.25, -0.2) is 4.68 Å². The number of nitrogens with one attached hydrogen (secondary N) is 1. The molecule has 0 atom stereocenters. The maximum atomic E-state index is 12.4. The summed E-state index contributed by atoms with van der Waals surface area (Å²) in [5, 5.41) is 9.07. The molecule has 0 saturated carbocycles. The van der Waals surface area contributed by atoms with E-state index in [1.54, 1.807) is 0 Å². The van der Waals surface area contributed by atoms with Gasteiger partial charge < -0.3 is 10.2 Å². The van der Waals surface area contributed by atoms with Gasteiger partial charge in [-0.3, -0.25) is 9.59 Å². The predicted octanol–water partition coefficient (Wildman–Crippen LogP) is 3.14. The van der Waals surface area contributed by atoms with Crippen LogP contribution in [0.4, 0.5) is 11.4 Å². The monoisotopic (exact) mass is 380 g/mol. The number of anilines is 2. The van der Waals surface area contributed by atoms with E-state index in [-0.39, 0.29) is 17.2 Å². The van der Waals surface area contributed by atoms with Crippen LogP contribution in [0, 0.1) is 0 Å². The topological polar surface area (TPSA) is 67.2 Å². The molecule has 0 unspecified atom stereocenters. The van der Waals surface area contributed by atoms with E-state index in [0.717, 1.165) is 25.2 Å². The van der Waals surface area contributed by atoms with Gasteiger partial charge in [0.2, 0.25) is 0 Å². The summed E-state index contributed by atoms with van der Waals surface area (Å²) in [7, 11) is 0. The number of hydrogen-bond acceptors (Lipinski definition) is 5. The van der Waals surface area contributed by atoms with Crippen LogP contribution in [0.1, 0.15) is 27.9 Å². The summed E-state index contributed by atoms with van der Waals surface area (Å²) in [5.74, 6) is -0.328.